The molecule has 0 aliphatic heterocycles. The number of carboxylic acid groups (broad SMARTS) is 1. The van der Waals surface area contributed by atoms with E-state index in [0.29, 0.717) is 11.3 Å². The molecule has 1 aromatic heterocycles. The van der Waals surface area contributed by atoms with Crippen molar-refractivity contribution in [3.8, 4) is 16.9 Å². The first kappa shape index (κ1) is 13.0. The maximum atomic E-state index is 13.5. The molecule has 1 heterocycles. The number of carbonyl (C=O) groups is 1. The Morgan fingerprint density at radius 2 is 1.90 bits per heavy atom. The average Bonchev–Trinajstić information content (AvgIpc) is 2.98. The van der Waals surface area contributed by atoms with E-state index in [4.69, 9.17) is 5.11 Å². The molecule has 21 heavy (non-hydrogen) atoms. The number of hydrogen-bond donors (Lipinski definition) is 1. The van der Waals surface area contributed by atoms with Gasteiger partial charge in [-0.25, -0.2) is 13.9 Å². The van der Waals surface area contributed by atoms with Gasteiger partial charge >= 0.3 is 5.97 Å². The summed E-state index contributed by atoms with van der Waals surface area (Å²) in [4.78, 5) is 11.0. The second-order valence-electron chi connectivity index (χ2n) is 4.37. The highest BCUT2D eigenvalue weighted by Crippen LogP contribution is 2.23. The molecule has 0 spiro atoms. The van der Waals surface area contributed by atoms with Gasteiger partial charge < -0.3 is 5.11 Å². The first-order valence-electron chi connectivity index (χ1n) is 6.16. The van der Waals surface area contributed by atoms with E-state index in [1.165, 1.54) is 18.3 Å². The Morgan fingerprint density at radius 1 is 1.14 bits per heavy atom. The second-order valence-corrected chi connectivity index (χ2v) is 4.37. The molecule has 0 unspecified atom stereocenters. The van der Waals surface area contributed by atoms with Crippen molar-refractivity contribution in [3.05, 3.63) is 66.1 Å². The lowest BCUT2D eigenvalue weighted by molar-refractivity contribution is 0.0692. The summed E-state index contributed by atoms with van der Waals surface area (Å²) in [5, 5.41) is 16.8. The van der Waals surface area contributed by atoms with Crippen LogP contribution in [0.2, 0.25) is 0 Å². The molecule has 0 aliphatic rings. The molecule has 0 saturated carbocycles. The van der Waals surface area contributed by atoms with Gasteiger partial charge in [-0.3, -0.25) is 0 Å². The molecular formula is C15H10FN3O2. The predicted octanol–water partition coefficient (Wildman–Crippen LogP) is 2.77. The number of aromatic carboxylic acids is 1. The smallest absolute Gasteiger partial charge is 0.338 e. The summed E-state index contributed by atoms with van der Waals surface area (Å²) in [6.07, 6.45) is 1.51. The summed E-state index contributed by atoms with van der Waals surface area (Å²) >= 11 is 0. The Balaban J connectivity index is 2.13. The van der Waals surface area contributed by atoms with Gasteiger partial charge in [0.2, 0.25) is 0 Å². The molecule has 0 atom stereocenters. The fraction of sp³-hybridized carbons (Fsp3) is 0. The van der Waals surface area contributed by atoms with Crippen LogP contribution < -0.4 is 0 Å². The van der Waals surface area contributed by atoms with Crippen LogP contribution in [0.1, 0.15) is 10.4 Å². The minimum atomic E-state index is -1.31. The molecule has 6 heteroatoms. The molecule has 1 N–H and O–H groups in total. The number of benzene rings is 2. The van der Waals surface area contributed by atoms with Crippen LogP contribution in [0.3, 0.4) is 0 Å². The molecule has 0 radical (unpaired) electrons. The molecule has 3 rings (SSSR count). The summed E-state index contributed by atoms with van der Waals surface area (Å²) in [6, 6.07) is 13.2. The molecule has 0 bridgehead atoms. The van der Waals surface area contributed by atoms with Gasteiger partial charge in [0.25, 0.3) is 0 Å². The fourth-order valence-corrected chi connectivity index (χ4v) is 2.04. The normalized spacial score (nSPS) is 10.5. The Morgan fingerprint density at radius 3 is 2.62 bits per heavy atom. The van der Waals surface area contributed by atoms with Crippen LogP contribution in [0, 0.1) is 5.82 Å². The van der Waals surface area contributed by atoms with Gasteiger partial charge in [0.15, 0.2) is 0 Å². The van der Waals surface area contributed by atoms with Gasteiger partial charge in [-0.15, -0.1) is 5.10 Å². The quantitative estimate of drug-likeness (QED) is 0.802. The van der Waals surface area contributed by atoms with Crippen LogP contribution in [0.15, 0.2) is 54.7 Å². The molecule has 0 fully saturated rings. The molecule has 104 valence electrons. The lowest BCUT2D eigenvalue weighted by Crippen LogP contribution is -2.03. The standard InChI is InChI=1S/C15H10FN3O2/c16-13-7-6-10(8-12(13)15(20)21)14-9-17-18-19(14)11-4-2-1-3-5-11/h1-9H,(H,20,21). The number of halogens is 1. The van der Waals surface area contributed by atoms with Crippen LogP contribution >= 0.6 is 0 Å². The van der Waals surface area contributed by atoms with E-state index in [0.717, 1.165) is 11.8 Å². The Hall–Kier alpha value is -3.02. The highest BCUT2D eigenvalue weighted by Gasteiger charge is 2.14. The maximum Gasteiger partial charge on any atom is 0.338 e. The van der Waals surface area contributed by atoms with Crippen LogP contribution in [0.4, 0.5) is 4.39 Å². The maximum absolute atomic E-state index is 13.5. The van der Waals surface area contributed by atoms with Crippen molar-refractivity contribution < 1.29 is 14.3 Å². The van der Waals surface area contributed by atoms with Crippen LogP contribution in [0.25, 0.3) is 16.9 Å². The van der Waals surface area contributed by atoms with Crippen molar-refractivity contribution in [2.75, 3.05) is 0 Å². The van der Waals surface area contributed by atoms with E-state index >= 15 is 0 Å². The van der Waals surface area contributed by atoms with Crippen molar-refractivity contribution >= 4 is 5.97 Å². The summed E-state index contributed by atoms with van der Waals surface area (Å²) in [5.41, 5.74) is 1.52. The number of hydrogen-bond acceptors (Lipinski definition) is 3. The van der Waals surface area contributed by atoms with E-state index in [-0.39, 0.29) is 5.56 Å². The van der Waals surface area contributed by atoms with Crippen molar-refractivity contribution in [1.29, 1.82) is 0 Å². The molecule has 5 nitrogen and oxygen atoms in total. The van der Waals surface area contributed by atoms with Gasteiger partial charge in [0.1, 0.15) is 5.82 Å². The van der Waals surface area contributed by atoms with Crippen LogP contribution in [0.5, 0.6) is 0 Å². The largest absolute Gasteiger partial charge is 0.478 e. The number of aromatic nitrogens is 3. The topological polar surface area (TPSA) is 68.0 Å². The van der Waals surface area contributed by atoms with Crippen LogP contribution in [-0.4, -0.2) is 26.1 Å². The monoisotopic (exact) mass is 283 g/mol. The van der Waals surface area contributed by atoms with E-state index < -0.39 is 11.8 Å². The third kappa shape index (κ3) is 2.38. The number of para-hydroxylation sites is 1. The van der Waals surface area contributed by atoms with Gasteiger partial charge in [0.05, 0.1) is 23.1 Å². The molecule has 0 saturated heterocycles. The van der Waals surface area contributed by atoms with Crippen molar-refractivity contribution in [2.24, 2.45) is 0 Å². The number of carboxylic acids is 1. The fourth-order valence-electron chi connectivity index (χ4n) is 2.04. The van der Waals surface area contributed by atoms with E-state index in [9.17, 15) is 9.18 Å². The van der Waals surface area contributed by atoms with Crippen molar-refractivity contribution in [1.82, 2.24) is 15.0 Å². The number of nitrogens with zero attached hydrogens (tertiary/aromatic N) is 3. The zero-order chi connectivity index (χ0) is 14.8. The van der Waals surface area contributed by atoms with Crippen molar-refractivity contribution in [3.63, 3.8) is 0 Å². The Bertz CT molecular complexity index is 800. The minimum Gasteiger partial charge on any atom is -0.478 e. The highest BCUT2D eigenvalue weighted by atomic mass is 19.1. The summed E-state index contributed by atoms with van der Waals surface area (Å²) in [5.74, 6) is -2.09. The molecular weight excluding hydrogens is 273 g/mol. The van der Waals surface area contributed by atoms with Gasteiger partial charge in [0, 0.05) is 5.56 Å². The van der Waals surface area contributed by atoms with Gasteiger partial charge in [-0.2, -0.15) is 0 Å². The van der Waals surface area contributed by atoms with E-state index in [2.05, 4.69) is 10.3 Å². The zero-order valence-electron chi connectivity index (χ0n) is 10.8. The highest BCUT2D eigenvalue weighted by molar-refractivity contribution is 5.89. The average molecular weight is 283 g/mol. The summed E-state index contributed by atoms with van der Waals surface area (Å²) in [6.45, 7) is 0. The first-order chi connectivity index (χ1) is 10.2. The zero-order valence-corrected chi connectivity index (χ0v) is 10.8. The van der Waals surface area contributed by atoms with Gasteiger partial charge in [-0.1, -0.05) is 23.4 Å². The minimum absolute atomic E-state index is 0.381. The van der Waals surface area contributed by atoms with E-state index in [1.807, 2.05) is 30.3 Å². The second kappa shape index (κ2) is 5.16. The van der Waals surface area contributed by atoms with E-state index in [1.54, 1.807) is 4.68 Å². The predicted molar refractivity (Wildman–Crippen MR) is 73.7 cm³/mol. The molecule has 3 aromatic rings. The SMILES string of the molecule is O=C(O)c1cc(-c2cnnn2-c2ccccc2)ccc1F. The third-order valence-corrected chi connectivity index (χ3v) is 3.04. The van der Waals surface area contributed by atoms with Crippen LogP contribution in [-0.2, 0) is 0 Å². The third-order valence-electron chi connectivity index (χ3n) is 3.04. The molecule has 0 aliphatic carbocycles. The lowest BCUT2D eigenvalue weighted by atomic mass is 10.1. The molecule has 0 amide bonds. The lowest BCUT2D eigenvalue weighted by Gasteiger charge is -2.07. The Labute approximate surface area is 119 Å². The Kier molecular flexibility index (Phi) is 3.19. The molecule has 2 aromatic carbocycles. The van der Waals surface area contributed by atoms with Gasteiger partial charge in [-0.05, 0) is 30.3 Å². The van der Waals surface area contributed by atoms with Crippen molar-refractivity contribution in [2.45, 2.75) is 0 Å². The first-order valence-corrected chi connectivity index (χ1v) is 6.16. The summed E-state index contributed by atoms with van der Waals surface area (Å²) in [7, 11) is 0. The summed E-state index contributed by atoms with van der Waals surface area (Å²) < 4.78 is 15.0. The number of rotatable bonds is 3.